The van der Waals surface area contributed by atoms with Gasteiger partial charge in [0.2, 0.25) is 11.7 Å². The molecule has 12 heteroatoms. The minimum atomic E-state index is -4.65. The topological polar surface area (TPSA) is 109 Å². The van der Waals surface area contributed by atoms with E-state index < -0.39 is 12.0 Å². The van der Waals surface area contributed by atoms with Crippen LogP contribution in [0.1, 0.15) is 19.7 Å². The highest BCUT2D eigenvalue weighted by molar-refractivity contribution is 6.04. The third kappa shape index (κ3) is 5.16. The number of carbonyl (C=O) groups excluding carboxylic acids is 1. The van der Waals surface area contributed by atoms with Crippen molar-refractivity contribution in [3.05, 3.63) is 54.5 Å². The van der Waals surface area contributed by atoms with Gasteiger partial charge in [0.25, 0.3) is 0 Å². The van der Waals surface area contributed by atoms with Crippen LogP contribution >= 0.6 is 0 Å². The quantitative estimate of drug-likeness (QED) is 0.731. The summed E-state index contributed by atoms with van der Waals surface area (Å²) in [6.45, 7) is 4.28. The predicted octanol–water partition coefficient (Wildman–Crippen LogP) is 2.35. The number of amidine groups is 1. The number of hydrogen-bond donors (Lipinski definition) is 2. The van der Waals surface area contributed by atoms with Crippen LogP contribution in [0.15, 0.2) is 58.7 Å². The Morgan fingerprint density at radius 2 is 2.21 bits per heavy atom. The summed E-state index contributed by atoms with van der Waals surface area (Å²) in [5.74, 6) is -1.20. The number of rotatable bonds is 4. The molecule has 2 aliphatic rings. The minimum Gasteiger partial charge on any atom is -0.382 e. The van der Waals surface area contributed by atoms with Crippen molar-refractivity contribution in [3.63, 3.8) is 0 Å². The lowest BCUT2D eigenvalue weighted by Gasteiger charge is -2.30. The van der Waals surface area contributed by atoms with Crippen LogP contribution in [0.5, 0.6) is 0 Å². The second kappa shape index (κ2) is 8.60. The third-order valence-electron chi connectivity index (χ3n) is 5.10. The van der Waals surface area contributed by atoms with Gasteiger partial charge in [-0.1, -0.05) is 6.08 Å². The van der Waals surface area contributed by atoms with Gasteiger partial charge in [-0.25, -0.2) is 9.97 Å². The molecule has 1 amide bonds. The summed E-state index contributed by atoms with van der Waals surface area (Å²) in [4.78, 5) is 28.1. The number of hydrogen-bond acceptors (Lipinski definition) is 7. The molecular weight excluding hydrogens is 437 g/mol. The number of dihydropyridines is 1. The largest absolute Gasteiger partial charge is 0.451 e. The smallest absolute Gasteiger partial charge is 0.382 e. The van der Waals surface area contributed by atoms with Crippen LogP contribution in [-0.4, -0.2) is 50.3 Å². The molecule has 2 N–H and O–H groups in total. The summed E-state index contributed by atoms with van der Waals surface area (Å²) in [5.41, 5.74) is 0.868. The fraction of sp³-hybridized carbons (Fsp3) is 0.333. The molecule has 0 saturated carbocycles. The maximum Gasteiger partial charge on any atom is 0.451 e. The zero-order chi connectivity index (χ0) is 23.6. The molecule has 33 heavy (non-hydrogen) atoms. The lowest BCUT2D eigenvalue weighted by molar-refractivity contribution is -0.144. The zero-order valence-corrected chi connectivity index (χ0v) is 17.8. The van der Waals surface area contributed by atoms with Crippen LogP contribution < -0.4 is 10.6 Å². The summed E-state index contributed by atoms with van der Waals surface area (Å²) in [6, 6.07) is 1.52. The van der Waals surface area contributed by atoms with Gasteiger partial charge in [0, 0.05) is 35.8 Å². The Balaban J connectivity index is 1.36. The minimum absolute atomic E-state index is 0.0615. The Hall–Kier alpha value is -3.83. The molecule has 0 spiro atoms. The molecule has 0 aliphatic carbocycles. The number of aromatic nitrogens is 4. The van der Waals surface area contributed by atoms with E-state index in [1.54, 1.807) is 6.08 Å². The summed E-state index contributed by atoms with van der Waals surface area (Å²) in [5, 5.41) is 9.96. The van der Waals surface area contributed by atoms with Crippen LogP contribution in [0.4, 0.5) is 13.2 Å². The van der Waals surface area contributed by atoms with Crippen molar-refractivity contribution in [3.8, 4) is 11.3 Å². The summed E-state index contributed by atoms with van der Waals surface area (Å²) < 4.78 is 39.8. The summed E-state index contributed by atoms with van der Waals surface area (Å²) in [6.07, 6.45) is 6.54. The molecule has 0 radical (unpaired) electrons. The molecule has 2 aromatic rings. The van der Waals surface area contributed by atoms with Crippen molar-refractivity contribution in [1.82, 2.24) is 30.4 Å². The highest BCUT2D eigenvalue weighted by atomic mass is 19.4. The fourth-order valence-electron chi connectivity index (χ4n) is 3.23. The van der Waals surface area contributed by atoms with Gasteiger partial charge >= 0.3 is 6.18 Å². The average molecular weight is 458 g/mol. The Morgan fingerprint density at radius 3 is 2.88 bits per heavy atom. The van der Waals surface area contributed by atoms with Gasteiger partial charge in [0.1, 0.15) is 12.4 Å². The molecule has 0 fully saturated rings. The molecule has 4 rings (SSSR count). The normalized spacial score (nSPS) is 22.4. The first kappa shape index (κ1) is 22.4. The lowest BCUT2D eigenvalue weighted by atomic mass is 9.85. The number of aliphatic imine (C=N–C) groups is 2. The van der Waals surface area contributed by atoms with Crippen LogP contribution in [0, 0.1) is 5.41 Å². The van der Waals surface area contributed by atoms with Crippen LogP contribution in [0.3, 0.4) is 0 Å². The first-order valence-corrected chi connectivity index (χ1v) is 10.1. The first-order valence-electron chi connectivity index (χ1n) is 10.1. The van der Waals surface area contributed by atoms with E-state index in [0.29, 0.717) is 17.9 Å². The molecule has 0 bridgehead atoms. The standard InChI is InChI=1S/C21H21F3N8O/c1-13-7-27-16(9-26-13)20(2)5-3-17(28-12-20)31-18(33)11-32-10-14(8-29-32)15-4-6-25-19(30-15)21(22,23)24/h3-10,13,26H,11-12H2,1-2H3,(H,28,31,33). The predicted molar refractivity (Wildman–Crippen MR) is 115 cm³/mol. The van der Waals surface area contributed by atoms with Gasteiger partial charge in [0.15, 0.2) is 0 Å². The average Bonchev–Trinajstić information content (AvgIpc) is 3.24. The van der Waals surface area contributed by atoms with Crippen molar-refractivity contribution in [2.75, 3.05) is 6.54 Å². The number of nitrogens with one attached hydrogen (secondary N) is 2. The van der Waals surface area contributed by atoms with Gasteiger partial charge in [-0.05, 0) is 26.0 Å². The molecule has 0 aromatic carbocycles. The number of alkyl halides is 3. The van der Waals surface area contributed by atoms with Crippen molar-refractivity contribution in [1.29, 1.82) is 0 Å². The summed E-state index contributed by atoms with van der Waals surface area (Å²) >= 11 is 0. The van der Waals surface area contributed by atoms with Crippen LogP contribution in [0.2, 0.25) is 0 Å². The SMILES string of the molecule is CC1C=NC(C2(C)C=CC(NC(=O)Cn3cc(-c4ccnc(C(F)(F)F)n4)cn3)=NC2)=CN1. The number of nitrogens with zero attached hydrogens (tertiary/aromatic N) is 6. The van der Waals surface area contributed by atoms with Crippen molar-refractivity contribution in [2.45, 2.75) is 32.6 Å². The van der Waals surface area contributed by atoms with E-state index in [2.05, 4.69) is 35.7 Å². The molecule has 9 nitrogen and oxygen atoms in total. The molecule has 2 atom stereocenters. The fourth-order valence-corrected chi connectivity index (χ4v) is 3.23. The number of amides is 1. The van der Waals surface area contributed by atoms with Crippen molar-refractivity contribution in [2.24, 2.45) is 15.4 Å². The summed E-state index contributed by atoms with van der Waals surface area (Å²) in [7, 11) is 0. The molecular formula is C21H21F3N8O. The Kier molecular flexibility index (Phi) is 5.83. The van der Waals surface area contributed by atoms with E-state index in [4.69, 9.17) is 0 Å². The zero-order valence-electron chi connectivity index (χ0n) is 17.8. The van der Waals surface area contributed by atoms with Crippen LogP contribution in [-0.2, 0) is 17.5 Å². The van der Waals surface area contributed by atoms with E-state index in [1.165, 1.54) is 23.1 Å². The molecule has 0 saturated heterocycles. The van der Waals surface area contributed by atoms with E-state index in [-0.39, 0.29) is 29.6 Å². The Morgan fingerprint density at radius 1 is 1.39 bits per heavy atom. The molecule has 2 aliphatic heterocycles. The molecule has 4 heterocycles. The number of carbonyl (C=O) groups is 1. The third-order valence-corrected chi connectivity index (χ3v) is 5.10. The van der Waals surface area contributed by atoms with Crippen LogP contribution in [0.25, 0.3) is 11.3 Å². The van der Waals surface area contributed by atoms with Gasteiger partial charge in [0.05, 0.1) is 30.2 Å². The van der Waals surface area contributed by atoms with Gasteiger partial charge in [-0.3, -0.25) is 19.5 Å². The van der Waals surface area contributed by atoms with Gasteiger partial charge < -0.3 is 10.6 Å². The molecule has 2 unspecified atom stereocenters. The van der Waals surface area contributed by atoms with Gasteiger partial charge in [-0.15, -0.1) is 0 Å². The van der Waals surface area contributed by atoms with E-state index in [0.717, 1.165) is 11.9 Å². The molecule has 172 valence electrons. The lowest BCUT2D eigenvalue weighted by Crippen LogP contribution is -2.37. The monoisotopic (exact) mass is 458 g/mol. The Bertz CT molecular complexity index is 1180. The van der Waals surface area contributed by atoms with Crippen molar-refractivity contribution < 1.29 is 18.0 Å². The maximum absolute atomic E-state index is 12.8. The van der Waals surface area contributed by atoms with E-state index in [9.17, 15) is 18.0 Å². The van der Waals surface area contributed by atoms with Gasteiger partial charge in [-0.2, -0.15) is 18.3 Å². The van der Waals surface area contributed by atoms with E-state index in [1.807, 2.05) is 32.3 Å². The maximum atomic E-state index is 12.8. The highest BCUT2D eigenvalue weighted by Crippen LogP contribution is 2.32. The second-order valence-electron chi connectivity index (χ2n) is 7.95. The second-order valence-corrected chi connectivity index (χ2v) is 7.95. The van der Waals surface area contributed by atoms with Crippen molar-refractivity contribution >= 4 is 18.0 Å². The molecule has 2 aromatic heterocycles. The van der Waals surface area contributed by atoms with E-state index >= 15 is 0 Å². The highest BCUT2D eigenvalue weighted by Gasteiger charge is 2.35. The first-order chi connectivity index (χ1) is 15.6. The Labute approximate surface area is 187 Å². The number of halogens is 3.